The molecule has 0 spiro atoms. The SMILES string of the molecule is C1CCOC1.[CH2-]c1cccc(Cl)c1F.[Zn]. The van der Waals surface area contributed by atoms with E-state index in [4.69, 9.17) is 16.3 Å². The van der Waals surface area contributed by atoms with Crippen LogP contribution < -0.4 is 0 Å². The predicted octanol–water partition coefficient (Wildman–Crippen LogP) is 3.46. The number of hydrogen-bond acceptors (Lipinski definition) is 1. The number of hydrogen-bond donors (Lipinski definition) is 0. The van der Waals surface area contributed by atoms with Gasteiger partial charge >= 0.3 is 0 Å². The van der Waals surface area contributed by atoms with Crippen LogP contribution in [0.2, 0.25) is 5.02 Å². The van der Waals surface area contributed by atoms with Crippen LogP contribution in [0.3, 0.4) is 0 Å². The fourth-order valence-electron chi connectivity index (χ4n) is 1.06. The molecule has 0 atom stereocenters. The minimum atomic E-state index is -0.431. The van der Waals surface area contributed by atoms with Crippen LogP contribution in [-0.2, 0) is 24.2 Å². The number of ether oxygens (including phenoxy) is 1. The third-order valence-electron chi connectivity index (χ3n) is 1.86. The van der Waals surface area contributed by atoms with Crippen LogP contribution >= 0.6 is 11.6 Å². The van der Waals surface area contributed by atoms with E-state index in [1.165, 1.54) is 18.9 Å². The molecule has 0 aromatic heterocycles. The second-order valence-electron chi connectivity index (χ2n) is 3.03. The van der Waals surface area contributed by atoms with Gasteiger partial charge in [0.2, 0.25) is 0 Å². The molecule has 0 aliphatic carbocycles. The average molecular weight is 281 g/mol. The van der Waals surface area contributed by atoms with Crippen molar-refractivity contribution in [1.29, 1.82) is 0 Å². The predicted molar refractivity (Wildman–Crippen MR) is 55.9 cm³/mol. The van der Waals surface area contributed by atoms with E-state index >= 15 is 0 Å². The van der Waals surface area contributed by atoms with E-state index in [0.29, 0.717) is 5.56 Å². The molecule has 15 heavy (non-hydrogen) atoms. The van der Waals surface area contributed by atoms with Crippen molar-refractivity contribution >= 4 is 11.6 Å². The number of benzene rings is 1. The Labute approximate surface area is 108 Å². The zero-order chi connectivity index (χ0) is 10.4. The van der Waals surface area contributed by atoms with Crippen LogP contribution in [0.15, 0.2) is 18.2 Å². The van der Waals surface area contributed by atoms with Gasteiger partial charge in [-0.1, -0.05) is 17.7 Å². The van der Waals surface area contributed by atoms with Crippen molar-refractivity contribution in [3.8, 4) is 0 Å². The van der Waals surface area contributed by atoms with Crippen LogP contribution in [0.25, 0.3) is 0 Å². The molecule has 1 fully saturated rings. The van der Waals surface area contributed by atoms with Crippen molar-refractivity contribution in [3.05, 3.63) is 41.5 Å². The van der Waals surface area contributed by atoms with Crippen LogP contribution in [0.1, 0.15) is 18.4 Å². The molecular formula is C11H13ClFOZn-. The first-order valence-corrected chi connectivity index (χ1v) is 4.93. The normalized spacial score (nSPS) is 13.7. The Bertz CT molecular complexity index is 262. The molecule has 80 valence electrons. The monoisotopic (exact) mass is 279 g/mol. The van der Waals surface area contributed by atoms with Crippen molar-refractivity contribution in [1.82, 2.24) is 0 Å². The standard InChI is InChI=1S/C7H5ClF.C4H8O.Zn/c1-5-3-2-4-6(8)7(5)9;1-2-4-5-3-1;/h2-4H,1H2;1-4H2;/q-1;;. The summed E-state index contributed by atoms with van der Waals surface area (Å²) in [6, 6.07) is 4.72. The van der Waals surface area contributed by atoms with Gasteiger partial charge in [-0.3, -0.25) is 4.39 Å². The van der Waals surface area contributed by atoms with E-state index in [1.54, 1.807) is 12.1 Å². The van der Waals surface area contributed by atoms with Gasteiger partial charge in [-0.2, -0.15) is 18.6 Å². The van der Waals surface area contributed by atoms with Crippen LogP contribution in [-0.4, -0.2) is 13.2 Å². The maximum atomic E-state index is 12.5. The summed E-state index contributed by atoms with van der Waals surface area (Å²) >= 11 is 5.40. The molecule has 1 aromatic carbocycles. The third-order valence-corrected chi connectivity index (χ3v) is 2.15. The number of halogens is 2. The Morgan fingerprint density at radius 3 is 2.20 bits per heavy atom. The molecule has 0 saturated carbocycles. The van der Waals surface area contributed by atoms with Crippen LogP contribution in [0, 0.1) is 12.7 Å². The van der Waals surface area contributed by atoms with E-state index in [-0.39, 0.29) is 24.5 Å². The Hall–Kier alpha value is -0.107. The van der Waals surface area contributed by atoms with E-state index in [9.17, 15) is 4.39 Å². The van der Waals surface area contributed by atoms with E-state index < -0.39 is 5.82 Å². The molecule has 1 aromatic rings. The second-order valence-corrected chi connectivity index (χ2v) is 3.44. The molecule has 0 radical (unpaired) electrons. The van der Waals surface area contributed by atoms with Gasteiger partial charge in [0.25, 0.3) is 0 Å². The fourth-order valence-corrected chi connectivity index (χ4v) is 1.25. The molecule has 4 heteroatoms. The summed E-state index contributed by atoms with van der Waals surface area (Å²) in [5.74, 6) is -0.431. The minimum absolute atomic E-state index is 0. The Morgan fingerprint density at radius 1 is 1.27 bits per heavy atom. The molecular weight excluding hydrogens is 268 g/mol. The summed E-state index contributed by atoms with van der Waals surface area (Å²) in [7, 11) is 0. The van der Waals surface area contributed by atoms with E-state index in [2.05, 4.69) is 6.92 Å². The first-order chi connectivity index (χ1) is 6.72. The quantitative estimate of drug-likeness (QED) is 0.522. The second kappa shape index (κ2) is 8.09. The first kappa shape index (κ1) is 14.9. The molecule has 1 heterocycles. The molecule has 2 rings (SSSR count). The average Bonchev–Trinajstić information content (AvgIpc) is 2.72. The Balaban J connectivity index is 0.000000280. The van der Waals surface area contributed by atoms with Crippen LogP contribution in [0.4, 0.5) is 4.39 Å². The summed E-state index contributed by atoms with van der Waals surface area (Å²) in [4.78, 5) is 0. The molecule has 0 unspecified atom stereocenters. The summed E-state index contributed by atoms with van der Waals surface area (Å²) in [5, 5.41) is 0.127. The van der Waals surface area contributed by atoms with Crippen molar-refractivity contribution in [2.45, 2.75) is 12.8 Å². The van der Waals surface area contributed by atoms with Crippen molar-refractivity contribution in [3.63, 3.8) is 0 Å². The van der Waals surface area contributed by atoms with Gasteiger partial charge in [-0.25, -0.2) is 0 Å². The summed E-state index contributed by atoms with van der Waals surface area (Å²) in [6.07, 6.45) is 2.56. The van der Waals surface area contributed by atoms with Crippen molar-refractivity contribution in [2.75, 3.05) is 13.2 Å². The largest absolute Gasteiger partial charge is 0.381 e. The Kier molecular flexibility index (Phi) is 8.04. The molecule has 0 amide bonds. The molecule has 1 aliphatic heterocycles. The topological polar surface area (TPSA) is 9.23 Å². The minimum Gasteiger partial charge on any atom is -0.381 e. The van der Waals surface area contributed by atoms with Crippen molar-refractivity contribution in [2.24, 2.45) is 0 Å². The van der Waals surface area contributed by atoms with E-state index in [0.717, 1.165) is 13.2 Å². The maximum Gasteiger partial charge on any atom is 0.0466 e. The summed E-state index contributed by atoms with van der Waals surface area (Å²) < 4.78 is 17.5. The fraction of sp³-hybridized carbons (Fsp3) is 0.364. The van der Waals surface area contributed by atoms with Gasteiger partial charge in [0.15, 0.2) is 0 Å². The zero-order valence-corrected chi connectivity index (χ0v) is 12.4. The smallest absolute Gasteiger partial charge is 0.0466 e. The van der Waals surface area contributed by atoms with Gasteiger partial charge in [0, 0.05) is 43.5 Å². The van der Waals surface area contributed by atoms with Crippen molar-refractivity contribution < 1.29 is 28.6 Å². The molecule has 1 saturated heterocycles. The van der Waals surface area contributed by atoms with Gasteiger partial charge < -0.3 is 4.74 Å². The summed E-state index contributed by atoms with van der Waals surface area (Å²) in [6.45, 7) is 5.42. The Morgan fingerprint density at radius 2 is 1.87 bits per heavy atom. The molecule has 0 N–H and O–H groups in total. The number of rotatable bonds is 0. The molecule has 1 nitrogen and oxygen atoms in total. The van der Waals surface area contributed by atoms with Gasteiger partial charge in [0.05, 0.1) is 0 Å². The van der Waals surface area contributed by atoms with Crippen LogP contribution in [0.5, 0.6) is 0 Å². The van der Waals surface area contributed by atoms with Gasteiger partial charge in [0.1, 0.15) is 0 Å². The zero-order valence-electron chi connectivity index (χ0n) is 8.64. The first-order valence-electron chi connectivity index (χ1n) is 4.55. The van der Waals surface area contributed by atoms with E-state index in [1.807, 2.05) is 0 Å². The third kappa shape index (κ3) is 5.51. The van der Waals surface area contributed by atoms with Gasteiger partial charge in [-0.15, -0.1) is 6.07 Å². The maximum absolute atomic E-state index is 12.5. The molecule has 1 aliphatic rings. The van der Waals surface area contributed by atoms with Gasteiger partial charge in [-0.05, 0) is 12.8 Å². The summed E-state index contributed by atoms with van der Waals surface area (Å²) in [5.41, 5.74) is 0.336. The molecule has 0 bridgehead atoms.